The Bertz CT molecular complexity index is 188. The Balaban J connectivity index is 2.06. The van der Waals surface area contributed by atoms with E-state index in [9.17, 15) is 0 Å². The number of hydrogen-bond donors (Lipinski definition) is 1. The third-order valence-electron chi connectivity index (χ3n) is 4.02. The van der Waals surface area contributed by atoms with E-state index in [4.69, 9.17) is 0 Å². The third kappa shape index (κ3) is 6.17. The van der Waals surface area contributed by atoms with Crippen molar-refractivity contribution in [2.45, 2.75) is 52.5 Å². The van der Waals surface area contributed by atoms with E-state index >= 15 is 0 Å². The zero-order chi connectivity index (χ0) is 13.2. The van der Waals surface area contributed by atoms with E-state index < -0.39 is 0 Å². The minimum atomic E-state index is 0.733. The lowest BCUT2D eigenvalue weighted by molar-refractivity contribution is 0.130. The van der Waals surface area contributed by atoms with Crippen molar-refractivity contribution in [3.63, 3.8) is 0 Å². The highest BCUT2D eigenvalue weighted by molar-refractivity contribution is 4.72. The Hall–Kier alpha value is -0.120. The molecule has 1 N–H and O–H groups in total. The molecule has 0 saturated carbocycles. The van der Waals surface area contributed by atoms with Gasteiger partial charge in [0.05, 0.1) is 0 Å². The zero-order valence-corrected chi connectivity index (χ0v) is 12.7. The zero-order valence-electron chi connectivity index (χ0n) is 12.7. The predicted molar refractivity (Wildman–Crippen MR) is 80.2 cm³/mol. The molecule has 0 aromatic carbocycles. The summed E-state index contributed by atoms with van der Waals surface area (Å²) < 4.78 is 0. The van der Waals surface area contributed by atoms with Gasteiger partial charge in [0.25, 0.3) is 0 Å². The highest BCUT2D eigenvalue weighted by Crippen LogP contribution is 2.07. The summed E-state index contributed by atoms with van der Waals surface area (Å²) >= 11 is 0. The molecule has 1 saturated heterocycles. The van der Waals surface area contributed by atoms with Crippen molar-refractivity contribution in [3.8, 4) is 0 Å². The van der Waals surface area contributed by atoms with Crippen molar-refractivity contribution in [2.75, 3.05) is 45.8 Å². The van der Waals surface area contributed by atoms with Crippen LogP contribution in [-0.4, -0.2) is 61.7 Å². The van der Waals surface area contributed by atoms with Crippen LogP contribution < -0.4 is 5.32 Å². The van der Waals surface area contributed by atoms with Crippen LogP contribution in [0, 0.1) is 0 Å². The van der Waals surface area contributed by atoms with Crippen molar-refractivity contribution in [3.05, 3.63) is 0 Å². The smallest absolute Gasteiger partial charge is 0.0110 e. The summed E-state index contributed by atoms with van der Waals surface area (Å²) in [5.41, 5.74) is 0. The molecule has 1 heterocycles. The van der Waals surface area contributed by atoms with E-state index in [0.29, 0.717) is 0 Å². The Kier molecular flexibility index (Phi) is 8.64. The molecular formula is C15H33N3. The average molecular weight is 255 g/mol. The van der Waals surface area contributed by atoms with Crippen molar-refractivity contribution in [2.24, 2.45) is 0 Å². The molecule has 108 valence electrons. The fourth-order valence-electron chi connectivity index (χ4n) is 2.85. The van der Waals surface area contributed by atoms with Gasteiger partial charge in [-0.25, -0.2) is 0 Å². The summed E-state index contributed by atoms with van der Waals surface area (Å²) in [6.07, 6.45) is 5.23. The molecule has 3 nitrogen and oxygen atoms in total. The highest BCUT2D eigenvalue weighted by atomic mass is 15.3. The van der Waals surface area contributed by atoms with Gasteiger partial charge >= 0.3 is 0 Å². The van der Waals surface area contributed by atoms with Gasteiger partial charge in [-0.05, 0) is 45.3 Å². The van der Waals surface area contributed by atoms with E-state index in [-0.39, 0.29) is 0 Å². The minimum absolute atomic E-state index is 0.733. The lowest BCUT2D eigenvalue weighted by Gasteiger charge is -2.34. The van der Waals surface area contributed by atoms with Gasteiger partial charge in [0.1, 0.15) is 0 Å². The van der Waals surface area contributed by atoms with E-state index in [2.05, 4.69) is 35.9 Å². The van der Waals surface area contributed by atoms with Crippen molar-refractivity contribution in [1.29, 1.82) is 0 Å². The molecule has 0 radical (unpaired) electrons. The Labute approximate surface area is 114 Å². The molecular weight excluding hydrogens is 222 g/mol. The second-order valence-corrected chi connectivity index (χ2v) is 5.49. The molecule has 1 aliphatic heterocycles. The van der Waals surface area contributed by atoms with Gasteiger partial charge in [0, 0.05) is 32.2 Å². The van der Waals surface area contributed by atoms with Crippen LogP contribution in [0.4, 0.5) is 0 Å². The number of nitrogens with zero attached hydrogens (tertiary/aromatic N) is 2. The predicted octanol–water partition coefficient (Wildman–Crippen LogP) is 2.18. The van der Waals surface area contributed by atoms with Crippen molar-refractivity contribution >= 4 is 0 Å². The second kappa shape index (κ2) is 9.76. The van der Waals surface area contributed by atoms with Gasteiger partial charge < -0.3 is 15.1 Å². The van der Waals surface area contributed by atoms with Gasteiger partial charge in [0.15, 0.2) is 0 Å². The molecule has 1 unspecified atom stereocenters. The number of nitrogens with one attached hydrogen (secondary N) is 1. The van der Waals surface area contributed by atoms with Crippen LogP contribution >= 0.6 is 0 Å². The lowest BCUT2D eigenvalue weighted by atomic mass is 10.1. The molecule has 0 bridgehead atoms. The number of rotatable bonds is 9. The maximum absolute atomic E-state index is 3.57. The van der Waals surface area contributed by atoms with Gasteiger partial charge in [-0.1, -0.05) is 20.8 Å². The minimum Gasteiger partial charge on any atom is -0.314 e. The van der Waals surface area contributed by atoms with Crippen LogP contribution in [0.5, 0.6) is 0 Å². The fourth-order valence-corrected chi connectivity index (χ4v) is 2.85. The largest absolute Gasteiger partial charge is 0.314 e. The lowest BCUT2D eigenvalue weighted by Crippen LogP contribution is -2.46. The second-order valence-electron chi connectivity index (χ2n) is 5.49. The van der Waals surface area contributed by atoms with Crippen LogP contribution in [0.1, 0.15) is 46.5 Å². The molecule has 1 rings (SSSR count). The molecule has 0 aromatic heterocycles. The summed E-state index contributed by atoms with van der Waals surface area (Å²) in [6.45, 7) is 15.6. The first-order valence-corrected chi connectivity index (χ1v) is 7.98. The molecule has 0 aromatic rings. The van der Waals surface area contributed by atoms with Gasteiger partial charge in [-0.3, -0.25) is 0 Å². The summed E-state index contributed by atoms with van der Waals surface area (Å²) in [7, 11) is 0. The Morgan fingerprint density at radius 1 is 0.944 bits per heavy atom. The quantitative estimate of drug-likeness (QED) is 0.681. The molecule has 18 heavy (non-hydrogen) atoms. The standard InChI is InChI=1S/C15H33N3/c1-4-9-17-11-13-18(14-12-17)10-7-8-15(5-2)16-6-3/h15-16H,4-14H2,1-3H3. The van der Waals surface area contributed by atoms with Gasteiger partial charge in [-0.2, -0.15) is 0 Å². The van der Waals surface area contributed by atoms with Crippen LogP contribution in [0.25, 0.3) is 0 Å². The normalized spacial score (nSPS) is 20.2. The summed E-state index contributed by atoms with van der Waals surface area (Å²) in [6, 6.07) is 0.733. The van der Waals surface area contributed by atoms with Crippen LogP contribution in [-0.2, 0) is 0 Å². The third-order valence-corrected chi connectivity index (χ3v) is 4.02. The first-order valence-electron chi connectivity index (χ1n) is 7.98. The first-order chi connectivity index (χ1) is 8.80. The molecule has 1 atom stereocenters. The number of hydrogen-bond acceptors (Lipinski definition) is 3. The van der Waals surface area contributed by atoms with Crippen LogP contribution in [0.3, 0.4) is 0 Å². The van der Waals surface area contributed by atoms with E-state index in [1.165, 1.54) is 65.0 Å². The molecule has 0 spiro atoms. The monoisotopic (exact) mass is 255 g/mol. The average Bonchev–Trinajstić information content (AvgIpc) is 2.40. The van der Waals surface area contributed by atoms with Crippen molar-refractivity contribution in [1.82, 2.24) is 15.1 Å². The Morgan fingerprint density at radius 2 is 1.56 bits per heavy atom. The first kappa shape index (κ1) is 15.9. The van der Waals surface area contributed by atoms with E-state index in [0.717, 1.165) is 12.6 Å². The SMILES string of the molecule is CCCN1CCN(CCCC(CC)NCC)CC1. The maximum Gasteiger partial charge on any atom is 0.0110 e. The summed E-state index contributed by atoms with van der Waals surface area (Å²) in [4.78, 5) is 5.24. The molecule has 1 aliphatic rings. The molecule has 0 aliphatic carbocycles. The number of piperazine rings is 1. The summed E-state index contributed by atoms with van der Waals surface area (Å²) in [5, 5.41) is 3.57. The van der Waals surface area contributed by atoms with Gasteiger partial charge in [0.2, 0.25) is 0 Å². The molecule has 1 fully saturated rings. The maximum atomic E-state index is 3.57. The van der Waals surface area contributed by atoms with Crippen LogP contribution in [0.15, 0.2) is 0 Å². The molecule has 0 amide bonds. The highest BCUT2D eigenvalue weighted by Gasteiger charge is 2.15. The Morgan fingerprint density at radius 3 is 2.06 bits per heavy atom. The molecule has 3 heteroatoms. The van der Waals surface area contributed by atoms with Crippen LogP contribution in [0.2, 0.25) is 0 Å². The van der Waals surface area contributed by atoms with E-state index in [1.807, 2.05) is 0 Å². The van der Waals surface area contributed by atoms with Gasteiger partial charge in [-0.15, -0.1) is 0 Å². The van der Waals surface area contributed by atoms with E-state index in [1.54, 1.807) is 0 Å². The van der Waals surface area contributed by atoms with Crippen molar-refractivity contribution < 1.29 is 0 Å². The summed E-state index contributed by atoms with van der Waals surface area (Å²) in [5.74, 6) is 0. The fraction of sp³-hybridized carbons (Fsp3) is 1.00. The topological polar surface area (TPSA) is 18.5 Å².